The molecule has 1 aromatic heterocycles. The van der Waals surface area contributed by atoms with Gasteiger partial charge in [-0.2, -0.15) is 5.10 Å². The van der Waals surface area contributed by atoms with E-state index in [4.69, 9.17) is 4.74 Å². The van der Waals surface area contributed by atoms with Crippen molar-refractivity contribution >= 4 is 18.3 Å². The first-order chi connectivity index (χ1) is 11.0. The van der Waals surface area contributed by atoms with E-state index in [0.29, 0.717) is 6.61 Å². The molecule has 0 fully saturated rings. The van der Waals surface area contributed by atoms with Gasteiger partial charge in [0, 0.05) is 24.4 Å². The fraction of sp³-hybridized carbons (Fsp3) is 0.412. The van der Waals surface area contributed by atoms with Crippen LogP contribution in [0.3, 0.4) is 0 Å². The third-order valence-corrected chi connectivity index (χ3v) is 4.40. The molecule has 0 radical (unpaired) electrons. The van der Waals surface area contributed by atoms with Crippen molar-refractivity contribution in [3.8, 4) is 5.75 Å². The van der Waals surface area contributed by atoms with Gasteiger partial charge in [-0.05, 0) is 32.0 Å². The van der Waals surface area contributed by atoms with Gasteiger partial charge in [-0.15, -0.1) is 12.4 Å². The van der Waals surface area contributed by atoms with E-state index in [1.807, 2.05) is 26.2 Å². The smallest absolute Gasteiger partial charge is 0.242 e. The van der Waals surface area contributed by atoms with Gasteiger partial charge in [-0.3, -0.25) is 9.48 Å². The molecule has 1 amide bonds. The Morgan fingerprint density at radius 1 is 1.42 bits per heavy atom. The van der Waals surface area contributed by atoms with Crippen LogP contribution in [0.25, 0.3) is 0 Å². The number of ether oxygens (including phenoxy) is 1. The SMILES string of the molecule is CNC(C(=O)NC1COc2c1ccc(C)c2C)c1cnn(C)c1.Cl. The molecule has 0 bridgehead atoms. The Bertz CT molecular complexity index is 744. The molecular formula is C17H23ClN4O2. The summed E-state index contributed by atoms with van der Waals surface area (Å²) in [6.45, 7) is 4.57. The van der Waals surface area contributed by atoms with Crippen LogP contribution in [0.5, 0.6) is 5.75 Å². The summed E-state index contributed by atoms with van der Waals surface area (Å²) >= 11 is 0. The fourth-order valence-electron chi connectivity index (χ4n) is 2.95. The molecular weight excluding hydrogens is 328 g/mol. The van der Waals surface area contributed by atoms with Gasteiger partial charge in [-0.1, -0.05) is 12.1 Å². The molecule has 0 saturated heterocycles. The number of rotatable bonds is 4. The second-order valence-corrected chi connectivity index (χ2v) is 5.97. The Kier molecular flexibility index (Phi) is 5.51. The Labute approximate surface area is 148 Å². The normalized spacial score (nSPS) is 16.8. The highest BCUT2D eigenvalue weighted by Crippen LogP contribution is 2.36. The predicted molar refractivity (Wildman–Crippen MR) is 94.6 cm³/mol. The molecule has 1 aromatic carbocycles. The minimum Gasteiger partial charge on any atom is -0.490 e. The quantitative estimate of drug-likeness (QED) is 0.884. The summed E-state index contributed by atoms with van der Waals surface area (Å²) < 4.78 is 7.48. The lowest BCUT2D eigenvalue weighted by Gasteiger charge is -2.18. The molecule has 0 aliphatic carbocycles. The summed E-state index contributed by atoms with van der Waals surface area (Å²) in [7, 11) is 3.60. The molecule has 0 spiro atoms. The van der Waals surface area contributed by atoms with Crippen molar-refractivity contribution in [1.29, 1.82) is 0 Å². The summed E-state index contributed by atoms with van der Waals surface area (Å²) in [6.07, 6.45) is 3.54. The molecule has 7 heteroatoms. The van der Waals surface area contributed by atoms with E-state index in [-0.39, 0.29) is 24.4 Å². The van der Waals surface area contributed by atoms with E-state index in [1.54, 1.807) is 17.9 Å². The van der Waals surface area contributed by atoms with Crippen LogP contribution < -0.4 is 15.4 Å². The highest BCUT2D eigenvalue weighted by atomic mass is 35.5. The van der Waals surface area contributed by atoms with Gasteiger partial charge in [-0.25, -0.2) is 0 Å². The monoisotopic (exact) mass is 350 g/mol. The number of likely N-dealkylation sites (N-methyl/N-ethyl adjacent to an activating group) is 1. The van der Waals surface area contributed by atoms with Crippen LogP contribution in [-0.2, 0) is 11.8 Å². The zero-order valence-electron chi connectivity index (χ0n) is 14.3. The third-order valence-electron chi connectivity index (χ3n) is 4.40. The number of nitrogens with one attached hydrogen (secondary N) is 2. The minimum atomic E-state index is -0.431. The van der Waals surface area contributed by atoms with Gasteiger partial charge in [0.1, 0.15) is 18.4 Å². The zero-order chi connectivity index (χ0) is 16.6. The van der Waals surface area contributed by atoms with Crippen molar-refractivity contribution in [2.24, 2.45) is 7.05 Å². The van der Waals surface area contributed by atoms with E-state index in [0.717, 1.165) is 22.4 Å². The van der Waals surface area contributed by atoms with Gasteiger partial charge >= 0.3 is 0 Å². The molecule has 2 unspecified atom stereocenters. The molecule has 2 N–H and O–H groups in total. The number of hydrogen-bond acceptors (Lipinski definition) is 4. The number of carbonyl (C=O) groups excluding carboxylic acids is 1. The molecule has 1 aliphatic heterocycles. The maximum atomic E-state index is 12.6. The molecule has 3 rings (SSSR count). The topological polar surface area (TPSA) is 68.2 Å². The van der Waals surface area contributed by atoms with Crippen LogP contribution in [-0.4, -0.2) is 29.3 Å². The molecule has 6 nitrogen and oxygen atoms in total. The number of fused-ring (bicyclic) bond motifs is 1. The number of hydrogen-bond donors (Lipinski definition) is 2. The van der Waals surface area contributed by atoms with Crippen molar-refractivity contribution in [2.45, 2.75) is 25.9 Å². The van der Waals surface area contributed by atoms with Gasteiger partial charge < -0.3 is 15.4 Å². The van der Waals surface area contributed by atoms with Gasteiger partial charge in [0.05, 0.1) is 12.2 Å². The van der Waals surface area contributed by atoms with Crippen molar-refractivity contribution < 1.29 is 9.53 Å². The molecule has 0 saturated carbocycles. The largest absolute Gasteiger partial charge is 0.490 e. The van der Waals surface area contributed by atoms with Crippen LogP contribution in [0.4, 0.5) is 0 Å². The Balaban J connectivity index is 0.00000208. The highest BCUT2D eigenvalue weighted by Gasteiger charge is 2.30. The van der Waals surface area contributed by atoms with Crippen molar-refractivity contribution in [3.63, 3.8) is 0 Å². The van der Waals surface area contributed by atoms with E-state index in [9.17, 15) is 4.79 Å². The van der Waals surface area contributed by atoms with Crippen LogP contribution in [0.1, 0.15) is 34.3 Å². The summed E-state index contributed by atoms with van der Waals surface area (Å²) in [5.41, 5.74) is 4.21. The van der Waals surface area contributed by atoms with E-state index >= 15 is 0 Å². The molecule has 2 aromatic rings. The third kappa shape index (κ3) is 3.25. The summed E-state index contributed by atoms with van der Waals surface area (Å²) in [4.78, 5) is 12.6. The number of aromatic nitrogens is 2. The summed E-state index contributed by atoms with van der Waals surface area (Å²) in [5, 5.41) is 10.2. The number of nitrogens with zero attached hydrogens (tertiary/aromatic N) is 2. The average molecular weight is 351 g/mol. The number of amides is 1. The summed E-state index contributed by atoms with van der Waals surface area (Å²) in [5.74, 6) is 0.817. The maximum Gasteiger partial charge on any atom is 0.242 e. The van der Waals surface area contributed by atoms with Crippen LogP contribution in [0.2, 0.25) is 0 Å². The molecule has 1 aliphatic rings. The first kappa shape index (κ1) is 18.3. The molecule has 130 valence electrons. The lowest BCUT2D eigenvalue weighted by molar-refractivity contribution is -0.124. The molecule has 2 heterocycles. The average Bonchev–Trinajstić information content (AvgIpc) is 3.11. The van der Waals surface area contributed by atoms with E-state index in [2.05, 4.69) is 28.7 Å². The standard InChI is InChI=1S/C17H22N4O2.ClH/c1-10-5-6-13-14(9-23-16(13)11(10)2)20-17(22)15(18-3)12-7-19-21(4)8-12;/h5-8,14-15,18H,9H2,1-4H3,(H,20,22);1H. The maximum absolute atomic E-state index is 12.6. The fourth-order valence-corrected chi connectivity index (χ4v) is 2.95. The number of aryl methyl sites for hydroxylation is 2. The summed E-state index contributed by atoms with van der Waals surface area (Å²) in [6, 6.07) is 3.55. The zero-order valence-corrected chi connectivity index (χ0v) is 15.1. The Hall–Kier alpha value is -2.05. The first-order valence-electron chi connectivity index (χ1n) is 7.70. The Morgan fingerprint density at radius 3 is 2.79 bits per heavy atom. The minimum absolute atomic E-state index is 0. The van der Waals surface area contributed by atoms with Crippen LogP contribution in [0, 0.1) is 13.8 Å². The molecule has 24 heavy (non-hydrogen) atoms. The van der Waals surface area contributed by atoms with Crippen LogP contribution in [0.15, 0.2) is 24.5 Å². The Morgan fingerprint density at radius 2 is 2.17 bits per heavy atom. The van der Waals surface area contributed by atoms with Crippen molar-refractivity contribution in [2.75, 3.05) is 13.7 Å². The number of carbonyl (C=O) groups is 1. The first-order valence-corrected chi connectivity index (χ1v) is 7.70. The van der Waals surface area contributed by atoms with Crippen molar-refractivity contribution in [3.05, 3.63) is 46.8 Å². The van der Waals surface area contributed by atoms with Gasteiger partial charge in [0.25, 0.3) is 0 Å². The van der Waals surface area contributed by atoms with Crippen LogP contribution >= 0.6 is 12.4 Å². The lowest BCUT2D eigenvalue weighted by atomic mass is 10.0. The second-order valence-electron chi connectivity index (χ2n) is 5.97. The van der Waals surface area contributed by atoms with Crippen molar-refractivity contribution in [1.82, 2.24) is 20.4 Å². The van der Waals surface area contributed by atoms with Gasteiger partial charge in [0.15, 0.2) is 0 Å². The lowest BCUT2D eigenvalue weighted by Crippen LogP contribution is -2.38. The van der Waals surface area contributed by atoms with E-state index in [1.165, 1.54) is 5.56 Å². The highest BCUT2D eigenvalue weighted by molar-refractivity contribution is 5.85. The van der Waals surface area contributed by atoms with Gasteiger partial charge in [0.2, 0.25) is 5.91 Å². The predicted octanol–water partition coefficient (Wildman–Crippen LogP) is 1.97. The second kappa shape index (κ2) is 7.23. The number of halogens is 1. The number of benzene rings is 1. The van der Waals surface area contributed by atoms with E-state index < -0.39 is 6.04 Å². The molecule has 2 atom stereocenters.